The van der Waals surface area contributed by atoms with Gasteiger partial charge in [-0.2, -0.15) is 0 Å². The van der Waals surface area contributed by atoms with Crippen molar-refractivity contribution in [3.05, 3.63) is 34.6 Å². The first-order valence-corrected chi connectivity index (χ1v) is 6.44. The van der Waals surface area contributed by atoms with Gasteiger partial charge in [-0.15, -0.1) is 0 Å². The summed E-state index contributed by atoms with van der Waals surface area (Å²) < 4.78 is 14.4. The molecule has 1 N–H and O–H groups in total. The molecule has 0 amide bonds. The fourth-order valence-electron chi connectivity index (χ4n) is 2.52. The summed E-state index contributed by atoms with van der Waals surface area (Å²) in [4.78, 5) is 11.1. The Morgan fingerprint density at radius 1 is 1.33 bits per heavy atom. The first-order valence-electron chi connectivity index (χ1n) is 6.44. The molecule has 98 valence electrons. The van der Waals surface area contributed by atoms with Crippen LogP contribution in [-0.2, 0) is 24.1 Å². The molecule has 0 saturated heterocycles. The zero-order valence-corrected chi connectivity index (χ0v) is 10.9. The number of hydrogen-bond donors (Lipinski definition) is 1. The molecule has 0 aliphatic heterocycles. The van der Waals surface area contributed by atoms with Crippen LogP contribution in [0.3, 0.4) is 0 Å². The fraction of sp³-hybridized carbons (Fsp3) is 0.533. The summed E-state index contributed by atoms with van der Waals surface area (Å²) in [5.41, 5.74) is 1.50. The first-order chi connectivity index (χ1) is 8.42. The summed E-state index contributed by atoms with van der Waals surface area (Å²) in [6.07, 6.45) is 4.10. The zero-order valence-electron chi connectivity index (χ0n) is 10.9. The minimum absolute atomic E-state index is 0.179. The molecule has 3 heteroatoms. The molecule has 1 aromatic carbocycles. The summed E-state index contributed by atoms with van der Waals surface area (Å²) in [7, 11) is 0. The smallest absolute Gasteiger partial charge is 0.309 e. The van der Waals surface area contributed by atoms with Gasteiger partial charge in [0.2, 0.25) is 0 Å². The average Bonchev–Trinajstić information content (AvgIpc) is 2.33. The van der Waals surface area contributed by atoms with E-state index in [0.29, 0.717) is 5.56 Å². The van der Waals surface area contributed by atoms with Crippen molar-refractivity contribution in [1.29, 1.82) is 0 Å². The van der Waals surface area contributed by atoms with E-state index in [0.717, 1.165) is 36.8 Å². The number of hydrogen-bond acceptors (Lipinski definition) is 1. The highest BCUT2D eigenvalue weighted by molar-refractivity contribution is 5.74. The second-order valence-corrected chi connectivity index (χ2v) is 5.75. The van der Waals surface area contributed by atoms with Gasteiger partial charge in [0, 0.05) is 0 Å². The molecule has 0 saturated carbocycles. The molecule has 18 heavy (non-hydrogen) atoms. The topological polar surface area (TPSA) is 37.3 Å². The van der Waals surface area contributed by atoms with Gasteiger partial charge in [0.05, 0.1) is 5.41 Å². The van der Waals surface area contributed by atoms with E-state index < -0.39 is 11.4 Å². The number of carboxylic acid groups (broad SMARTS) is 1. The predicted molar refractivity (Wildman–Crippen MR) is 68.2 cm³/mol. The molecule has 2 nitrogen and oxygen atoms in total. The first kappa shape index (κ1) is 13.1. The van der Waals surface area contributed by atoms with Crippen molar-refractivity contribution < 1.29 is 14.3 Å². The average molecular weight is 250 g/mol. The number of aryl methyl sites for hydroxylation is 1. The molecular weight excluding hydrogens is 231 g/mol. The zero-order chi connectivity index (χ0) is 13.3. The van der Waals surface area contributed by atoms with Gasteiger partial charge >= 0.3 is 5.97 Å². The maximum Gasteiger partial charge on any atom is 0.309 e. The quantitative estimate of drug-likeness (QED) is 0.893. The lowest BCUT2D eigenvalue weighted by atomic mass is 9.83. The van der Waals surface area contributed by atoms with Crippen LogP contribution in [0.5, 0.6) is 0 Å². The lowest BCUT2D eigenvalue weighted by Crippen LogP contribution is -2.27. The highest BCUT2D eigenvalue weighted by Crippen LogP contribution is 2.30. The highest BCUT2D eigenvalue weighted by Gasteiger charge is 2.29. The van der Waals surface area contributed by atoms with Gasteiger partial charge in [0.1, 0.15) is 5.82 Å². The third-order valence-corrected chi connectivity index (χ3v) is 3.75. The maximum atomic E-state index is 14.4. The molecule has 0 aromatic heterocycles. The number of fused-ring (bicyclic) bond motifs is 1. The van der Waals surface area contributed by atoms with Gasteiger partial charge in [0.15, 0.2) is 0 Å². The third-order valence-electron chi connectivity index (χ3n) is 3.75. The van der Waals surface area contributed by atoms with E-state index in [2.05, 4.69) is 0 Å². The summed E-state index contributed by atoms with van der Waals surface area (Å²) in [5.74, 6) is -1.07. The molecule has 0 atom stereocenters. The van der Waals surface area contributed by atoms with Crippen LogP contribution in [0.4, 0.5) is 4.39 Å². The van der Waals surface area contributed by atoms with E-state index in [-0.39, 0.29) is 12.2 Å². The summed E-state index contributed by atoms with van der Waals surface area (Å²) in [6.45, 7) is 3.27. The van der Waals surface area contributed by atoms with Crippen molar-refractivity contribution in [2.45, 2.75) is 46.0 Å². The standard InChI is InChI=1S/C15H19FO2/c1-15(2,14(17)18)9-11-8-7-10-5-3-4-6-12(10)13(11)16/h7-8H,3-6,9H2,1-2H3,(H,17,18). The molecule has 0 bridgehead atoms. The molecule has 0 fully saturated rings. The molecule has 0 spiro atoms. The van der Waals surface area contributed by atoms with E-state index in [1.54, 1.807) is 19.9 Å². The third kappa shape index (κ3) is 2.40. The number of carbonyl (C=O) groups is 1. The van der Waals surface area contributed by atoms with Gasteiger partial charge in [-0.05, 0) is 62.6 Å². The van der Waals surface area contributed by atoms with Gasteiger partial charge in [0.25, 0.3) is 0 Å². The van der Waals surface area contributed by atoms with Crippen molar-refractivity contribution in [3.63, 3.8) is 0 Å². The van der Waals surface area contributed by atoms with Crippen LogP contribution in [0.25, 0.3) is 0 Å². The van der Waals surface area contributed by atoms with E-state index in [4.69, 9.17) is 5.11 Å². The van der Waals surface area contributed by atoms with Crippen LogP contribution in [0.15, 0.2) is 12.1 Å². The Morgan fingerprint density at radius 2 is 2.00 bits per heavy atom. The van der Waals surface area contributed by atoms with Crippen LogP contribution in [0.2, 0.25) is 0 Å². The van der Waals surface area contributed by atoms with E-state index >= 15 is 0 Å². The molecule has 1 aliphatic rings. The normalized spacial score (nSPS) is 15.3. The molecular formula is C15H19FO2. The van der Waals surface area contributed by atoms with Crippen molar-refractivity contribution in [3.8, 4) is 0 Å². The second kappa shape index (κ2) is 4.71. The molecule has 2 rings (SSSR count). The molecule has 1 aromatic rings. The summed E-state index contributed by atoms with van der Waals surface area (Å²) >= 11 is 0. The van der Waals surface area contributed by atoms with Crippen LogP contribution < -0.4 is 0 Å². The summed E-state index contributed by atoms with van der Waals surface area (Å²) in [5, 5.41) is 9.11. The van der Waals surface area contributed by atoms with Crippen molar-refractivity contribution in [2.24, 2.45) is 5.41 Å². The maximum absolute atomic E-state index is 14.4. The van der Waals surface area contributed by atoms with Gasteiger partial charge in [-0.3, -0.25) is 4.79 Å². The van der Waals surface area contributed by atoms with Gasteiger partial charge in [-0.1, -0.05) is 12.1 Å². The lowest BCUT2D eigenvalue weighted by molar-refractivity contribution is -0.146. The number of halogens is 1. The van der Waals surface area contributed by atoms with Crippen LogP contribution in [0, 0.1) is 11.2 Å². The van der Waals surface area contributed by atoms with E-state index in [1.165, 1.54) is 0 Å². The summed E-state index contributed by atoms with van der Waals surface area (Å²) in [6, 6.07) is 3.72. The van der Waals surface area contributed by atoms with E-state index in [1.807, 2.05) is 6.07 Å². The Labute approximate surface area is 107 Å². The Balaban J connectivity index is 2.33. The van der Waals surface area contributed by atoms with Gasteiger partial charge in [-0.25, -0.2) is 4.39 Å². The Morgan fingerprint density at radius 3 is 2.67 bits per heavy atom. The number of benzene rings is 1. The van der Waals surface area contributed by atoms with Crippen molar-refractivity contribution >= 4 is 5.97 Å². The van der Waals surface area contributed by atoms with Gasteiger partial charge < -0.3 is 5.11 Å². The number of aliphatic carboxylic acids is 1. The molecule has 1 aliphatic carbocycles. The number of rotatable bonds is 3. The molecule has 0 radical (unpaired) electrons. The SMILES string of the molecule is CC(C)(Cc1ccc2c(c1F)CCCC2)C(=O)O. The van der Waals surface area contributed by atoms with Crippen LogP contribution in [0.1, 0.15) is 43.4 Å². The Bertz CT molecular complexity index is 478. The largest absolute Gasteiger partial charge is 0.481 e. The lowest BCUT2D eigenvalue weighted by Gasteiger charge is -2.22. The minimum Gasteiger partial charge on any atom is -0.481 e. The highest BCUT2D eigenvalue weighted by atomic mass is 19.1. The number of carboxylic acids is 1. The van der Waals surface area contributed by atoms with E-state index in [9.17, 15) is 9.18 Å². The van der Waals surface area contributed by atoms with Crippen molar-refractivity contribution in [1.82, 2.24) is 0 Å². The molecule has 0 unspecified atom stereocenters. The minimum atomic E-state index is -0.927. The monoisotopic (exact) mass is 250 g/mol. The van der Waals surface area contributed by atoms with Crippen LogP contribution in [-0.4, -0.2) is 11.1 Å². The Hall–Kier alpha value is -1.38. The fourth-order valence-corrected chi connectivity index (χ4v) is 2.52. The van der Waals surface area contributed by atoms with Crippen molar-refractivity contribution in [2.75, 3.05) is 0 Å². The van der Waals surface area contributed by atoms with Crippen LogP contribution >= 0.6 is 0 Å². The molecule has 0 heterocycles. The predicted octanol–water partition coefficient (Wildman–Crippen LogP) is 3.36. The Kier molecular flexibility index (Phi) is 3.42. The second-order valence-electron chi connectivity index (χ2n) is 5.75.